The van der Waals surface area contributed by atoms with Gasteiger partial charge in [-0.3, -0.25) is 5.10 Å². The molecule has 0 aliphatic heterocycles. The Balaban J connectivity index is 1.80. The van der Waals surface area contributed by atoms with Gasteiger partial charge < -0.3 is 4.98 Å². The third kappa shape index (κ3) is 1.90. The Kier molecular flexibility index (Phi) is 2.57. The Bertz CT molecular complexity index is 905. The van der Waals surface area contributed by atoms with E-state index in [0.717, 1.165) is 27.7 Å². The predicted octanol–water partition coefficient (Wildman–Crippen LogP) is 3.76. The van der Waals surface area contributed by atoms with E-state index in [9.17, 15) is 4.39 Å². The van der Waals surface area contributed by atoms with Crippen molar-refractivity contribution >= 4 is 11.0 Å². The van der Waals surface area contributed by atoms with Gasteiger partial charge in [0.05, 0.1) is 6.20 Å². The minimum Gasteiger partial charge on any atom is -0.346 e. The molecule has 2 N–H and O–H groups in total. The number of nitrogens with zero attached hydrogens (tertiary/aromatic N) is 2. The first kappa shape index (κ1) is 11.8. The highest BCUT2D eigenvalue weighted by molar-refractivity contribution is 5.93. The van der Waals surface area contributed by atoms with Crippen LogP contribution in [0.3, 0.4) is 0 Å². The van der Waals surface area contributed by atoms with E-state index in [1.807, 2.05) is 42.6 Å². The maximum atomic E-state index is 13.5. The van der Waals surface area contributed by atoms with E-state index < -0.39 is 0 Å². The molecule has 0 atom stereocenters. The minimum absolute atomic E-state index is 0.348. The number of halogens is 1. The van der Waals surface area contributed by atoms with Crippen molar-refractivity contribution in [2.75, 3.05) is 0 Å². The lowest BCUT2D eigenvalue weighted by Gasteiger charge is -2.05. The number of rotatable bonds is 2. The number of hydrogen-bond acceptors (Lipinski definition) is 2. The summed E-state index contributed by atoms with van der Waals surface area (Å²) in [6.45, 7) is 0. The number of fused-ring (bicyclic) bond motifs is 1. The zero-order valence-electron chi connectivity index (χ0n) is 11.0. The second-order valence-corrected chi connectivity index (χ2v) is 4.77. The Morgan fingerprint density at radius 2 is 1.76 bits per heavy atom. The number of hydrogen-bond donors (Lipinski definition) is 2. The van der Waals surface area contributed by atoms with Gasteiger partial charge in [-0.15, -0.1) is 0 Å². The molecule has 0 unspecified atom stereocenters. The summed E-state index contributed by atoms with van der Waals surface area (Å²) in [5, 5.41) is 7.43. The molecular formula is C16H11FN4. The molecule has 102 valence electrons. The van der Waals surface area contributed by atoms with Crippen molar-refractivity contribution in [2.24, 2.45) is 0 Å². The Hall–Kier alpha value is -2.95. The van der Waals surface area contributed by atoms with Crippen LogP contribution in [0.15, 0.2) is 55.0 Å². The SMILES string of the molecule is Fc1cn[nH]c1-c1ccc(-c2ccnc3[nH]ccc23)cc1. The Labute approximate surface area is 119 Å². The zero-order chi connectivity index (χ0) is 14.2. The van der Waals surface area contributed by atoms with Crippen molar-refractivity contribution < 1.29 is 4.39 Å². The highest BCUT2D eigenvalue weighted by atomic mass is 19.1. The highest BCUT2D eigenvalue weighted by Crippen LogP contribution is 2.29. The van der Waals surface area contributed by atoms with Crippen molar-refractivity contribution in [3.05, 3.63) is 60.8 Å². The van der Waals surface area contributed by atoms with Gasteiger partial charge >= 0.3 is 0 Å². The van der Waals surface area contributed by atoms with Crippen molar-refractivity contribution in [3.8, 4) is 22.4 Å². The van der Waals surface area contributed by atoms with Gasteiger partial charge in [0.15, 0.2) is 5.82 Å². The van der Waals surface area contributed by atoms with E-state index in [4.69, 9.17) is 0 Å². The van der Waals surface area contributed by atoms with Gasteiger partial charge in [0.1, 0.15) is 11.3 Å². The smallest absolute Gasteiger partial charge is 0.168 e. The van der Waals surface area contributed by atoms with Crippen molar-refractivity contribution in [1.82, 2.24) is 20.2 Å². The van der Waals surface area contributed by atoms with Crippen LogP contribution in [-0.2, 0) is 0 Å². The van der Waals surface area contributed by atoms with E-state index in [0.29, 0.717) is 5.69 Å². The van der Waals surface area contributed by atoms with Crippen LogP contribution < -0.4 is 0 Å². The number of aromatic amines is 2. The quantitative estimate of drug-likeness (QED) is 0.586. The van der Waals surface area contributed by atoms with Crippen LogP contribution in [0.25, 0.3) is 33.4 Å². The van der Waals surface area contributed by atoms with E-state index in [2.05, 4.69) is 20.2 Å². The average Bonchev–Trinajstić information content (AvgIpc) is 3.15. The van der Waals surface area contributed by atoms with E-state index in [-0.39, 0.29) is 5.82 Å². The number of aromatic nitrogens is 4. The summed E-state index contributed by atoms with van der Waals surface area (Å²) in [6.07, 6.45) is 4.82. The summed E-state index contributed by atoms with van der Waals surface area (Å²) in [5.74, 6) is -0.348. The fourth-order valence-corrected chi connectivity index (χ4v) is 2.50. The molecular weight excluding hydrogens is 267 g/mol. The van der Waals surface area contributed by atoms with Crippen LogP contribution in [-0.4, -0.2) is 20.2 Å². The van der Waals surface area contributed by atoms with E-state index >= 15 is 0 Å². The van der Waals surface area contributed by atoms with Crippen molar-refractivity contribution in [3.63, 3.8) is 0 Å². The van der Waals surface area contributed by atoms with Crippen LogP contribution in [0, 0.1) is 5.82 Å². The van der Waals surface area contributed by atoms with Gasteiger partial charge in [0.2, 0.25) is 0 Å². The summed E-state index contributed by atoms with van der Waals surface area (Å²) in [6, 6.07) is 11.7. The molecule has 0 bridgehead atoms. The van der Waals surface area contributed by atoms with Crippen LogP contribution in [0.2, 0.25) is 0 Å². The van der Waals surface area contributed by atoms with E-state index in [1.54, 1.807) is 6.20 Å². The van der Waals surface area contributed by atoms with Gasteiger partial charge in [0.25, 0.3) is 0 Å². The molecule has 4 aromatic rings. The monoisotopic (exact) mass is 278 g/mol. The molecule has 1 aromatic carbocycles. The number of benzene rings is 1. The van der Waals surface area contributed by atoms with Crippen LogP contribution in [0.1, 0.15) is 0 Å². The topological polar surface area (TPSA) is 57.4 Å². The molecule has 0 amide bonds. The number of nitrogens with one attached hydrogen (secondary N) is 2. The molecule has 0 aliphatic rings. The average molecular weight is 278 g/mol. The zero-order valence-corrected chi connectivity index (χ0v) is 11.0. The lowest BCUT2D eigenvalue weighted by atomic mass is 10.0. The Morgan fingerprint density at radius 3 is 2.52 bits per heavy atom. The summed E-state index contributed by atoms with van der Waals surface area (Å²) in [7, 11) is 0. The largest absolute Gasteiger partial charge is 0.346 e. The first-order valence-corrected chi connectivity index (χ1v) is 6.55. The molecule has 0 saturated carbocycles. The minimum atomic E-state index is -0.348. The molecule has 0 fully saturated rings. The van der Waals surface area contributed by atoms with Gasteiger partial charge in [-0.05, 0) is 23.3 Å². The molecule has 0 radical (unpaired) electrons. The summed E-state index contributed by atoms with van der Waals surface area (Å²) in [5.41, 5.74) is 4.19. The fraction of sp³-hybridized carbons (Fsp3) is 0. The van der Waals surface area contributed by atoms with Gasteiger partial charge in [-0.1, -0.05) is 24.3 Å². The summed E-state index contributed by atoms with van der Waals surface area (Å²) >= 11 is 0. The van der Waals surface area contributed by atoms with Crippen LogP contribution in [0.5, 0.6) is 0 Å². The normalized spacial score (nSPS) is 11.1. The molecule has 0 saturated heterocycles. The van der Waals surface area contributed by atoms with Gasteiger partial charge in [-0.2, -0.15) is 5.10 Å². The summed E-state index contributed by atoms with van der Waals surface area (Å²) in [4.78, 5) is 7.38. The standard InChI is InChI=1S/C16H11FN4/c17-14-9-20-21-15(14)11-3-1-10(2-4-11)12-5-7-18-16-13(12)6-8-19-16/h1-9H,(H,18,19)(H,20,21). The van der Waals surface area contributed by atoms with Crippen LogP contribution in [0.4, 0.5) is 4.39 Å². The van der Waals surface area contributed by atoms with Gasteiger partial charge in [-0.25, -0.2) is 9.37 Å². The second-order valence-electron chi connectivity index (χ2n) is 4.77. The third-order valence-corrected chi connectivity index (χ3v) is 3.54. The molecule has 5 heteroatoms. The molecule has 4 nitrogen and oxygen atoms in total. The molecule has 3 heterocycles. The summed E-state index contributed by atoms with van der Waals surface area (Å²) < 4.78 is 13.5. The van der Waals surface area contributed by atoms with Crippen molar-refractivity contribution in [2.45, 2.75) is 0 Å². The third-order valence-electron chi connectivity index (χ3n) is 3.54. The second kappa shape index (κ2) is 4.56. The van der Waals surface area contributed by atoms with Crippen LogP contribution >= 0.6 is 0 Å². The molecule has 21 heavy (non-hydrogen) atoms. The molecule has 3 aromatic heterocycles. The van der Waals surface area contributed by atoms with Gasteiger partial charge in [0, 0.05) is 23.3 Å². The lowest BCUT2D eigenvalue weighted by molar-refractivity contribution is 0.632. The number of pyridine rings is 1. The number of H-pyrrole nitrogens is 2. The first-order chi connectivity index (χ1) is 10.3. The molecule has 0 spiro atoms. The first-order valence-electron chi connectivity index (χ1n) is 6.55. The molecule has 0 aliphatic carbocycles. The maximum absolute atomic E-state index is 13.5. The van der Waals surface area contributed by atoms with Crippen molar-refractivity contribution in [1.29, 1.82) is 0 Å². The lowest BCUT2D eigenvalue weighted by Crippen LogP contribution is -1.84. The Morgan fingerprint density at radius 1 is 0.952 bits per heavy atom. The maximum Gasteiger partial charge on any atom is 0.168 e. The predicted molar refractivity (Wildman–Crippen MR) is 79.1 cm³/mol. The highest BCUT2D eigenvalue weighted by Gasteiger charge is 2.09. The fourth-order valence-electron chi connectivity index (χ4n) is 2.50. The molecule has 4 rings (SSSR count). The van der Waals surface area contributed by atoms with E-state index in [1.165, 1.54) is 6.20 Å².